The second kappa shape index (κ2) is 14.3. The lowest BCUT2D eigenvalue weighted by Gasteiger charge is -2.27. The molecule has 0 fully saturated rings. The molecule has 0 aromatic heterocycles. The summed E-state index contributed by atoms with van der Waals surface area (Å²) in [7, 11) is 1.30. The molecular weight excluding hydrogens is 497 g/mol. The van der Waals surface area contributed by atoms with E-state index in [1.807, 2.05) is 0 Å². The molecule has 0 bridgehead atoms. The summed E-state index contributed by atoms with van der Waals surface area (Å²) >= 11 is 0. The average molecular weight is 534 g/mol. The molecule has 208 valence electrons. The zero-order chi connectivity index (χ0) is 28.3. The van der Waals surface area contributed by atoms with E-state index in [9.17, 15) is 14.4 Å². The summed E-state index contributed by atoms with van der Waals surface area (Å²) in [5.74, 6) is -2.01. The summed E-state index contributed by atoms with van der Waals surface area (Å²) in [4.78, 5) is 39.5. The van der Waals surface area contributed by atoms with Gasteiger partial charge in [-0.3, -0.25) is 9.59 Å². The molecule has 2 aromatic carbocycles. The number of carbonyl (C=O) groups excluding carboxylic acids is 3. The van der Waals surface area contributed by atoms with E-state index >= 15 is 4.39 Å². The molecule has 0 aliphatic heterocycles. The number of nitrogens with one attached hydrogen (secondary N) is 1. The van der Waals surface area contributed by atoms with E-state index in [-0.39, 0.29) is 61.2 Å². The smallest absolute Gasteiger partial charge is 0.410 e. The number of rotatable bonds is 13. The zero-order valence-electron chi connectivity index (χ0n) is 22.5. The minimum Gasteiger partial charge on any atom is -0.494 e. The maximum Gasteiger partial charge on any atom is 0.410 e. The Morgan fingerprint density at radius 3 is 2.21 bits per heavy atom. The third-order valence-corrected chi connectivity index (χ3v) is 5.14. The summed E-state index contributed by atoms with van der Waals surface area (Å²) in [6, 6.07) is 8.53. The molecule has 2 rings (SSSR count). The van der Waals surface area contributed by atoms with Crippen molar-refractivity contribution in [3.63, 3.8) is 0 Å². The first kappa shape index (κ1) is 30.5. The van der Waals surface area contributed by atoms with E-state index < -0.39 is 29.2 Å². The standard InChI is InChI=1S/C27H36FN3O7/c1-6-36-17-37-20-11-12-21(35-5)23(28)22(20)24(32)18-7-9-19(10-8-18)25(33)30-14-16-31(15-13-29)26(34)38-27(2,3)4/h7-12H,6,13-17,29H2,1-5H3,(H,30,33). The van der Waals surface area contributed by atoms with Gasteiger partial charge in [0.15, 0.2) is 24.1 Å². The highest BCUT2D eigenvalue weighted by Gasteiger charge is 2.24. The van der Waals surface area contributed by atoms with Crippen LogP contribution in [0, 0.1) is 5.82 Å². The van der Waals surface area contributed by atoms with Crippen LogP contribution in [0.4, 0.5) is 9.18 Å². The topological polar surface area (TPSA) is 129 Å². The van der Waals surface area contributed by atoms with Crippen molar-refractivity contribution in [2.45, 2.75) is 33.3 Å². The van der Waals surface area contributed by atoms with Gasteiger partial charge in [-0.15, -0.1) is 0 Å². The maximum atomic E-state index is 15.0. The summed E-state index contributed by atoms with van der Waals surface area (Å²) in [5, 5.41) is 2.72. The lowest BCUT2D eigenvalue weighted by atomic mass is 10.00. The Hall–Kier alpha value is -3.70. The van der Waals surface area contributed by atoms with Gasteiger partial charge < -0.3 is 34.9 Å². The number of hydrogen-bond acceptors (Lipinski definition) is 8. The Bertz CT molecular complexity index is 1100. The Balaban J connectivity index is 2.10. The van der Waals surface area contributed by atoms with E-state index in [0.29, 0.717) is 6.61 Å². The molecule has 0 aliphatic rings. The summed E-state index contributed by atoms with van der Waals surface area (Å²) in [5.41, 5.74) is 5.06. The van der Waals surface area contributed by atoms with E-state index in [4.69, 9.17) is 24.7 Å². The number of methoxy groups -OCH3 is 1. The molecule has 3 N–H and O–H groups in total. The van der Waals surface area contributed by atoms with Gasteiger partial charge in [-0.1, -0.05) is 12.1 Å². The molecule has 0 aliphatic carbocycles. The van der Waals surface area contributed by atoms with Crippen LogP contribution in [0.15, 0.2) is 36.4 Å². The van der Waals surface area contributed by atoms with Gasteiger partial charge in [-0.05, 0) is 52.0 Å². The van der Waals surface area contributed by atoms with Crippen molar-refractivity contribution < 1.29 is 37.7 Å². The molecule has 0 saturated carbocycles. The first-order valence-corrected chi connectivity index (χ1v) is 12.2. The number of ether oxygens (including phenoxy) is 4. The number of nitrogens with zero attached hydrogens (tertiary/aromatic N) is 1. The zero-order valence-corrected chi connectivity index (χ0v) is 22.5. The normalized spacial score (nSPS) is 11.0. The first-order chi connectivity index (χ1) is 18.0. The molecule has 0 unspecified atom stereocenters. The van der Waals surface area contributed by atoms with E-state index in [0.717, 1.165) is 0 Å². The van der Waals surface area contributed by atoms with Crippen molar-refractivity contribution in [3.05, 3.63) is 58.9 Å². The molecular formula is C27H36FN3O7. The van der Waals surface area contributed by atoms with Gasteiger partial charge in [0, 0.05) is 43.9 Å². The van der Waals surface area contributed by atoms with E-state index in [1.54, 1.807) is 27.7 Å². The highest BCUT2D eigenvalue weighted by Crippen LogP contribution is 2.31. The van der Waals surface area contributed by atoms with Crippen LogP contribution in [0.1, 0.15) is 54.0 Å². The molecule has 0 atom stereocenters. The third-order valence-electron chi connectivity index (χ3n) is 5.14. The number of carbonyl (C=O) groups is 3. The Morgan fingerprint density at radius 1 is 1.00 bits per heavy atom. The van der Waals surface area contributed by atoms with Crippen molar-refractivity contribution in [1.82, 2.24) is 10.2 Å². The number of nitrogens with two attached hydrogens (primary N) is 1. The fourth-order valence-corrected chi connectivity index (χ4v) is 3.32. The number of amides is 2. The van der Waals surface area contributed by atoms with Crippen molar-refractivity contribution in [2.75, 3.05) is 46.7 Å². The lowest BCUT2D eigenvalue weighted by Crippen LogP contribution is -2.43. The molecule has 0 heterocycles. The van der Waals surface area contributed by atoms with Gasteiger partial charge in [0.25, 0.3) is 5.91 Å². The van der Waals surface area contributed by atoms with Crippen LogP contribution in [0.3, 0.4) is 0 Å². The second-order valence-corrected chi connectivity index (χ2v) is 9.13. The predicted molar refractivity (Wildman–Crippen MR) is 139 cm³/mol. The lowest BCUT2D eigenvalue weighted by molar-refractivity contribution is 0.0216. The molecule has 0 saturated heterocycles. The summed E-state index contributed by atoms with van der Waals surface area (Å²) < 4.78 is 36.0. The molecule has 38 heavy (non-hydrogen) atoms. The summed E-state index contributed by atoms with van der Waals surface area (Å²) in [6.45, 7) is 8.18. The maximum absolute atomic E-state index is 15.0. The van der Waals surface area contributed by atoms with Gasteiger partial charge >= 0.3 is 6.09 Å². The van der Waals surface area contributed by atoms with Crippen LogP contribution in [0.2, 0.25) is 0 Å². The SMILES string of the molecule is CCOCOc1ccc(OC)c(F)c1C(=O)c1ccc(C(=O)NCCN(CCN)C(=O)OC(C)(C)C)cc1. The Kier molecular flexibility index (Phi) is 11.5. The van der Waals surface area contributed by atoms with Crippen molar-refractivity contribution in [1.29, 1.82) is 0 Å². The van der Waals surface area contributed by atoms with Gasteiger partial charge in [0.1, 0.15) is 16.9 Å². The number of hydrogen-bond donors (Lipinski definition) is 2. The number of ketones is 1. The van der Waals surface area contributed by atoms with Gasteiger partial charge in [0.2, 0.25) is 0 Å². The minimum absolute atomic E-state index is 0.00981. The molecule has 2 aromatic rings. The largest absolute Gasteiger partial charge is 0.494 e. The highest BCUT2D eigenvalue weighted by molar-refractivity contribution is 6.11. The van der Waals surface area contributed by atoms with Crippen molar-refractivity contribution >= 4 is 17.8 Å². The van der Waals surface area contributed by atoms with Crippen LogP contribution >= 0.6 is 0 Å². The van der Waals surface area contributed by atoms with Gasteiger partial charge in [-0.25, -0.2) is 9.18 Å². The fourth-order valence-electron chi connectivity index (χ4n) is 3.32. The van der Waals surface area contributed by atoms with Gasteiger partial charge in [-0.2, -0.15) is 0 Å². The Morgan fingerprint density at radius 2 is 1.63 bits per heavy atom. The molecule has 11 heteroatoms. The van der Waals surface area contributed by atoms with Crippen molar-refractivity contribution in [2.24, 2.45) is 5.73 Å². The van der Waals surface area contributed by atoms with Crippen LogP contribution in [-0.4, -0.2) is 75.0 Å². The van der Waals surface area contributed by atoms with Crippen molar-refractivity contribution in [3.8, 4) is 11.5 Å². The van der Waals surface area contributed by atoms with Crippen LogP contribution in [0.5, 0.6) is 11.5 Å². The number of benzene rings is 2. The molecule has 2 amide bonds. The molecule has 0 radical (unpaired) electrons. The second-order valence-electron chi connectivity index (χ2n) is 9.13. The molecule has 0 spiro atoms. The quantitative estimate of drug-likeness (QED) is 0.228. The van der Waals surface area contributed by atoms with E-state index in [2.05, 4.69) is 5.32 Å². The predicted octanol–water partition coefficient (Wildman–Crippen LogP) is 3.36. The molecule has 10 nitrogen and oxygen atoms in total. The van der Waals surface area contributed by atoms with Crippen LogP contribution in [0.25, 0.3) is 0 Å². The third kappa shape index (κ3) is 8.70. The van der Waals surface area contributed by atoms with Crippen LogP contribution in [-0.2, 0) is 9.47 Å². The monoisotopic (exact) mass is 533 g/mol. The summed E-state index contributed by atoms with van der Waals surface area (Å²) in [6.07, 6.45) is -0.519. The highest BCUT2D eigenvalue weighted by atomic mass is 19.1. The average Bonchev–Trinajstić information content (AvgIpc) is 2.87. The van der Waals surface area contributed by atoms with E-state index in [1.165, 1.54) is 48.4 Å². The van der Waals surface area contributed by atoms with Gasteiger partial charge in [0.05, 0.1) is 7.11 Å². The fraction of sp³-hybridized carbons (Fsp3) is 0.444. The Labute approximate surface area is 222 Å². The minimum atomic E-state index is -0.861. The number of halogens is 1. The first-order valence-electron chi connectivity index (χ1n) is 12.2. The van der Waals surface area contributed by atoms with Crippen LogP contribution < -0.4 is 20.5 Å².